The van der Waals surface area contributed by atoms with E-state index >= 15 is 0 Å². The van der Waals surface area contributed by atoms with Crippen LogP contribution in [0.15, 0.2) is 0 Å². The molecule has 1 aliphatic carbocycles. The van der Waals surface area contributed by atoms with E-state index in [0.717, 1.165) is 12.8 Å². The highest BCUT2D eigenvalue weighted by molar-refractivity contribution is 5.82. The molecule has 0 unspecified atom stereocenters. The molecule has 0 aliphatic heterocycles. The molecule has 6 nitrogen and oxygen atoms in total. The van der Waals surface area contributed by atoms with Gasteiger partial charge in [0, 0.05) is 13.6 Å². The molecule has 134 valence electrons. The van der Waals surface area contributed by atoms with Crippen LogP contribution in [0.1, 0.15) is 59.8 Å². The first kappa shape index (κ1) is 19.7. The van der Waals surface area contributed by atoms with E-state index in [9.17, 15) is 9.59 Å². The van der Waals surface area contributed by atoms with E-state index in [2.05, 4.69) is 5.32 Å². The van der Waals surface area contributed by atoms with Gasteiger partial charge in [-0.2, -0.15) is 0 Å². The van der Waals surface area contributed by atoms with E-state index in [1.54, 1.807) is 11.9 Å². The third kappa shape index (κ3) is 6.37. The second-order valence-electron chi connectivity index (χ2n) is 7.52. The van der Waals surface area contributed by atoms with Crippen molar-refractivity contribution < 1.29 is 14.3 Å². The van der Waals surface area contributed by atoms with Gasteiger partial charge in [0.15, 0.2) is 0 Å². The van der Waals surface area contributed by atoms with Gasteiger partial charge < -0.3 is 20.7 Å². The Morgan fingerprint density at radius 2 is 1.83 bits per heavy atom. The van der Waals surface area contributed by atoms with Crippen LogP contribution in [0.4, 0.5) is 4.79 Å². The summed E-state index contributed by atoms with van der Waals surface area (Å²) in [6, 6.07) is -1.18. The second kappa shape index (κ2) is 8.52. The van der Waals surface area contributed by atoms with Crippen LogP contribution in [0.3, 0.4) is 0 Å². The molecule has 0 saturated heterocycles. The van der Waals surface area contributed by atoms with E-state index in [1.165, 1.54) is 19.3 Å². The fourth-order valence-corrected chi connectivity index (χ4v) is 2.96. The second-order valence-corrected chi connectivity index (χ2v) is 7.52. The summed E-state index contributed by atoms with van der Waals surface area (Å²) < 4.78 is 5.53. The van der Waals surface area contributed by atoms with Gasteiger partial charge in [-0.1, -0.05) is 19.3 Å². The highest BCUT2D eigenvalue weighted by atomic mass is 16.6. The lowest BCUT2D eigenvalue weighted by Crippen LogP contribution is -2.56. The molecule has 0 aromatic rings. The number of hydrogen-bond donors (Lipinski definition) is 2. The lowest BCUT2D eigenvalue weighted by Gasteiger charge is -2.37. The van der Waals surface area contributed by atoms with E-state index in [1.807, 2.05) is 27.7 Å². The van der Waals surface area contributed by atoms with Crippen molar-refractivity contribution in [1.82, 2.24) is 10.2 Å². The van der Waals surface area contributed by atoms with Gasteiger partial charge in [0.1, 0.15) is 11.6 Å². The van der Waals surface area contributed by atoms with Crippen LogP contribution in [-0.2, 0) is 9.53 Å². The number of carbonyl (C=O) groups is 2. The van der Waals surface area contributed by atoms with Gasteiger partial charge >= 0.3 is 6.09 Å². The van der Waals surface area contributed by atoms with Gasteiger partial charge in [-0.3, -0.25) is 4.79 Å². The third-order valence-corrected chi connectivity index (χ3v) is 4.37. The Hall–Kier alpha value is -1.30. The number of likely N-dealkylation sites (N-methyl/N-ethyl adjacent to an activating group) is 1. The van der Waals surface area contributed by atoms with Crippen molar-refractivity contribution in [3.8, 4) is 0 Å². The molecule has 1 aliphatic rings. The summed E-state index contributed by atoms with van der Waals surface area (Å²) in [6.45, 7) is 7.93. The minimum atomic E-state index is -0.767. The van der Waals surface area contributed by atoms with E-state index in [-0.39, 0.29) is 5.91 Å². The Kier molecular flexibility index (Phi) is 7.32. The summed E-state index contributed by atoms with van der Waals surface area (Å²) in [5, 5.41) is 2.55. The Bertz CT molecular complexity index is 400. The maximum absolute atomic E-state index is 12.6. The summed E-state index contributed by atoms with van der Waals surface area (Å²) in [6.07, 6.45) is 5.49. The molecule has 0 aromatic heterocycles. The Balaban J connectivity index is 2.85. The number of ether oxygens (including phenoxy) is 1. The van der Waals surface area contributed by atoms with Gasteiger partial charge in [0.2, 0.25) is 5.91 Å². The first-order valence-corrected chi connectivity index (χ1v) is 8.62. The number of hydrogen-bond acceptors (Lipinski definition) is 4. The van der Waals surface area contributed by atoms with Gasteiger partial charge in [-0.15, -0.1) is 0 Å². The Morgan fingerprint density at radius 3 is 2.30 bits per heavy atom. The fraction of sp³-hybridized carbons (Fsp3) is 0.882. The lowest BCUT2D eigenvalue weighted by molar-refractivity contribution is -0.123. The van der Waals surface area contributed by atoms with E-state index in [0.29, 0.717) is 12.5 Å². The number of nitrogens with one attached hydrogen (secondary N) is 1. The van der Waals surface area contributed by atoms with Crippen molar-refractivity contribution >= 4 is 12.0 Å². The smallest absolute Gasteiger partial charge is 0.410 e. The van der Waals surface area contributed by atoms with Crippen molar-refractivity contribution in [2.75, 3.05) is 13.6 Å². The molecule has 0 heterocycles. The summed E-state index contributed by atoms with van der Waals surface area (Å²) in [7, 11) is 1.55. The van der Waals surface area contributed by atoms with Crippen molar-refractivity contribution in [2.24, 2.45) is 11.7 Å². The molecular weight excluding hydrogens is 294 g/mol. The highest BCUT2D eigenvalue weighted by Crippen LogP contribution is 2.26. The van der Waals surface area contributed by atoms with Crippen molar-refractivity contribution in [3.05, 3.63) is 0 Å². The normalized spacial score (nSPS) is 18.9. The Labute approximate surface area is 140 Å². The van der Waals surface area contributed by atoms with Crippen LogP contribution in [-0.4, -0.2) is 48.2 Å². The molecule has 0 radical (unpaired) electrons. The monoisotopic (exact) mass is 327 g/mol. The first-order chi connectivity index (χ1) is 10.7. The fourth-order valence-electron chi connectivity index (χ4n) is 2.96. The molecule has 1 fully saturated rings. The SMILES string of the molecule is CNC(=O)[C@@H](N)[C@@H](C)N(CC1CCCCC1)C(=O)OC(C)(C)C. The number of carbonyl (C=O) groups excluding carboxylic acids is 2. The number of amides is 2. The average molecular weight is 327 g/mol. The van der Waals surface area contributed by atoms with Gasteiger partial charge in [0.05, 0.1) is 6.04 Å². The van der Waals surface area contributed by atoms with E-state index < -0.39 is 23.8 Å². The maximum Gasteiger partial charge on any atom is 0.410 e. The summed E-state index contributed by atoms with van der Waals surface area (Å²) in [5.41, 5.74) is 5.45. The topological polar surface area (TPSA) is 84.7 Å². The molecule has 0 spiro atoms. The molecule has 0 bridgehead atoms. The standard InChI is InChI=1S/C17H33N3O3/c1-12(14(18)15(21)19-5)20(16(22)23-17(2,3)4)11-13-9-7-6-8-10-13/h12-14H,6-11,18H2,1-5H3,(H,19,21)/t12-,14+/m1/s1. The zero-order chi connectivity index (χ0) is 17.6. The molecule has 23 heavy (non-hydrogen) atoms. The molecule has 1 rings (SSSR count). The quantitative estimate of drug-likeness (QED) is 0.811. The van der Waals surface area contributed by atoms with Crippen molar-refractivity contribution in [3.63, 3.8) is 0 Å². The minimum absolute atomic E-state index is 0.269. The molecule has 6 heteroatoms. The van der Waals surface area contributed by atoms with Crippen LogP contribution in [0.5, 0.6) is 0 Å². The van der Waals surface area contributed by atoms with Crippen molar-refractivity contribution in [1.29, 1.82) is 0 Å². The average Bonchev–Trinajstić information content (AvgIpc) is 2.49. The van der Waals surface area contributed by atoms with E-state index in [4.69, 9.17) is 10.5 Å². The van der Waals surface area contributed by atoms with Crippen LogP contribution in [0.2, 0.25) is 0 Å². The summed E-state index contributed by atoms with van der Waals surface area (Å²) in [5.74, 6) is 0.185. The van der Waals surface area contributed by atoms with Crippen LogP contribution in [0, 0.1) is 5.92 Å². The molecule has 3 N–H and O–H groups in total. The first-order valence-electron chi connectivity index (χ1n) is 8.62. The molecule has 0 aromatic carbocycles. The van der Waals surface area contributed by atoms with Gasteiger partial charge in [-0.05, 0) is 46.5 Å². The highest BCUT2D eigenvalue weighted by Gasteiger charge is 2.33. The number of nitrogens with zero attached hydrogens (tertiary/aromatic N) is 1. The molecule has 1 saturated carbocycles. The zero-order valence-corrected chi connectivity index (χ0v) is 15.2. The summed E-state index contributed by atoms with van der Waals surface area (Å²) >= 11 is 0. The minimum Gasteiger partial charge on any atom is -0.444 e. The van der Waals surface area contributed by atoms with Crippen LogP contribution >= 0.6 is 0 Å². The van der Waals surface area contributed by atoms with Gasteiger partial charge in [0.25, 0.3) is 0 Å². The van der Waals surface area contributed by atoms with Crippen LogP contribution in [0.25, 0.3) is 0 Å². The molecular formula is C17H33N3O3. The largest absolute Gasteiger partial charge is 0.444 e. The van der Waals surface area contributed by atoms with Gasteiger partial charge in [-0.25, -0.2) is 4.79 Å². The third-order valence-electron chi connectivity index (χ3n) is 4.37. The summed E-state index contributed by atoms with van der Waals surface area (Å²) in [4.78, 5) is 26.1. The zero-order valence-electron chi connectivity index (χ0n) is 15.2. The molecule has 2 atom stereocenters. The predicted octanol–water partition coefficient (Wildman–Crippen LogP) is 2.27. The number of rotatable bonds is 5. The van der Waals surface area contributed by atoms with Crippen LogP contribution < -0.4 is 11.1 Å². The maximum atomic E-state index is 12.6. The Morgan fingerprint density at radius 1 is 1.26 bits per heavy atom. The molecule has 2 amide bonds. The lowest BCUT2D eigenvalue weighted by atomic mass is 9.88. The number of nitrogens with two attached hydrogens (primary N) is 1. The predicted molar refractivity (Wildman–Crippen MR) is 91.0 cm³/mol. The van der Waals surface area contributed by atoms with Crippen molar-refractivity contribution in [2.45, 2.75) is 77.5 Å².